The van der Waals surface area contributed by atoms with Crippen molar-refractivity contribution in [1.82, 2.24) is 0 Å². The van der Waals surface area contributed by atoms with Gasteiger partial charge in [-0.15, -0.1) is 0 Å². The van der Waals surface area contributed by atoms with Crippen LogP contribution in [0.5, 0.6) is 11.5 Å². The summed E-state index contributed by atoms with van der Waals surface area (Å²) in [6.45, 7) is 0. The first-order valence-corrected chi connectivity index (χ1v) is 9.48. The van der Waals surface area contributed by atoms with Gasteiger partial charge in [0.2, 0.25) is 0 Å². The Kier molecular flexibility index (Phi) is 7.35. The van der Waals surface area contributed by atoms with Crippen LogP contribution in [0.1, 0.15) is 92.5 Å². The maximum Gasteiger partial charge on any atom is 0.455 e. The second-order valence-corrected chi connectivity index (χ2v) is 7.18. The van der Waals surface area contributed by atoms with E-state index in [1.807, 2.05) is 0 Å². The third-order valence-electron chi connectivity index (χ3n) is 5.21. The van der Waals surface area contributed by atoms with Gasteiger partial charge in [-0.2, -0.15) is 13.2 Å². The van der Waals surface area contributed by atoms with Crippen molar-refractivity contribution in [3.8, 4) is 11.5 Å². The van der Waals surface area contributed by atoms with Gasteiger partial charge in [0, 0.05) is 5.56 Å². The number of benzene rings is 1. The van der Waals surface area contributed by atoms with Crippen LogP contribution < -0.4 is 0 Å². The van der Waals surface area contributed by atoms with Gasteiger partial charge in [0.05, 0.1) is 5.56 Å². The summed E-state index contributed by atoms with van der Waals surface area (Å²) in [6, 6.07) is 1.93. The first-order valence-electron chi connectivity index (χ1n) is 9.48. The monoisotopic (exact) mass is 372 g/mol. The lowest BCUT2D eigenvalue weighted by Crippen LogP contribution is -2.23. The Balaban J connectivity index is 2.28. The van der Waals surface area contributed by atoms with Crippen LogP contribution in [0, 0.1) is 0 Å². The van der Waals surface area contributed by atoms with E-state index >= 15 is 0 Å². The van der Waals surface area contributed by atoms with Crippen LogP contribution in [0.15, 0.2) is 12.1 Å². The first kappa shape index (κ1) is 20.6. The molecule has 1 aromatic rings. The van der Waals surface area contributed by atoms with Crippen molar-refractivity contribution in [3.63, 3.8) is 0 Å². The van der Waals surface area contributed by atoms with Crippen LogP contribution in [-0.2, 0) is 0 Å². The molecule has 0 radical (unpaired) electrons. The van der Waals surface area contributed by atoms with Gasteiger partial charge >= 0.3 is 6.18 Å². The van der Waals surface area contributed by atoms with Gasteiger partial charge in [-0.05, 0) is 30.9 Å². The van der Waals surface area contributed by atoms with E-state index in [1.165, 1.54) is 19.3 Å². The predicted octanol–water partition coefficient (Wildman–Crippen LogP) is 6.23. The molecule has 3 nitrogen and oxygen atoms in total. The molecule has 26 heavy (non-hydrogen) atoms. The highest BCUT2D eigenvalue weighted by Gasteiger charge is 2.41. The molecule has 146 valence electrons. The number of alkyl halides is 3. The molecule has 0 heterocycles. The number of phenols is 2. The number of aromatic hydroxyl groups is 2. The Morgan fingerprint density at radius 2 is 1.31 bits per heavy atom. The van der Waals surface area contributed by atoms with Gasteiger partial charge < -0.3 is 10.2 Å². The molecular weight excluding hydrogens is 345 g/mol. The minimum Gasteiger partial charge on any atom is -0.508 e. The third kappa shape index (κ3) is 5.39. The van der Waals surface area contributed by atoms with E-state index in [9.17, 15) is 28.2 Å². The summed E-state index contributed by atoms with van der Waals surface area (Å²) >= 11 is 0. The van der Waals surface area contributed by atoms with Crippen LogP contribution >= 0.6 is 0 Å². The smallest absolute Gasteiger partial charge is 0.455 e. The number of carbonyl (C=O) groups excluding carboxylic acids is 1. The van der Waals surface area contributed by atoms with E-state index in [0.29, 0.717) is 12.8 Å². The number of phenolic OH excluding ortho intramolecular Hbond substituents is 2. The lowest BCUT2D eigenvalue weighted by molar-refractivity contribution is -0.0886. The largest absolute Gasteiger partial charge is 0.508 e. The highest BCUT2D eigenvalue weighted by Crippen LogP contribution is 2.43. The van der Waals surface area contributed by atoms with Crippen molar-refractivity contribution in [3.05, 3.63) is 23.3 Å². The van der Waals surface area contributed by atoms with Gasteiger partial charge in [-0.25, -0.2) is 0 Å². The lowest BCUT2D eigenvalue weighted by Gasteiger charge is -2.22. The fraction of sp³-hybridized carbons (Fsp3) is 0.650. The van der Waals surface area contributed by atoms with E-state index in [-0.39, 0.29) is 17.2 Å². The van der Waals surface area contributed by atoms with E-state index in [1.54, 1.807) is 0 Å². The number of hydrogen-bond donors (Lipinski definition) is 2. The zero-order valence-electron chi connectivity index (χ0n) is 14.9. The normalized spacial score (nSPS) is 18.7. The van der Waals surface area contributed by atoms with Crippen molar-refractivity contribution >= 4 is 5.78 Å². The van der Waals surface area contributed by atoms with Crippen molar-refractivity contribution < 1.29 is 28.2 Å². The second kappa shape index (κ2) is 9.28. The number of rotatable bonds is 2. The maximum atomic E-state index is 12.8. The average molecular weight is 372 g/mol. The van der Waals surface area contributed by atoms with Crippen LogP contribution in [-0.4, -0.2) is 22.2 Å². The van der Waals surface area contributed by atoms with E-state index < -0.39 is 23.3 Å². The summed E-state index contributed by atoms with van der Waals surface area (Å²) in [5, 5.41) is 20.6. The molecule has 0 aliphatic heterocycles. The Hall–Kier alpha value is -1.72. The maximum absolute atomic E-state index is 12.8. The zero-order valence-corrected chi connectivity index (χ0v) is 14.9. The van der Waals surface area contributed by atoms with Gasteiger partial charge in [0.25, 0.3) is 5.78 Å². The molecule has 0 bridgehead atoms. The van der Waals surface area contributed by atoms with Gasteiger partial charge in [0.1, 0.15) is 11.5 Å². The summed E-state index contributed by atoms with van der Waals surface area (Å²) in [4.78, 5) is 11.6. The number of Topliss-reactive ketones (excluding diaryl/α,β-unsaturated/α-hetero) is 1. The third-order valence-corrected chi connectivity index (χ3v) is 5.21. The van der Waals surface area contributed by atoms with Crippen molar-refractivity contribution in [1.29, 1.82) is 0 Å². The number of hydrogen-bond acceptors (Lipinski definition) is 3. The summed E-state index contributed by atoms with van der Waals surface area (Å²) in [5.74, 6) is -3.28. The molecule has 0 spiro atoms. The molecule has 1 aliphatic rings. The summed E-state index contributed by atoms with van der Waals surface area (Å²) in [5.41, 5.74) is -0.687. The first-order chi connectivity index (χ1) is 12.3. The second-order valence-electron chi connectivity index (χ2n) is 7.18. The molecule has 1 fully saturated rings. The minimum absolute atomic E-state index is 0.0946. The van der Waals surface area contributed by atoms with Crippen LogP contribution in [0.25, 0.3) is 0 Å². The molecule has 2 N–H and O–H groups in total. The van der Waals surface area contributed by atoms with E-state index in [2.05, 4.69) is 0 Å². The highest BCUT2D eigenvalue weighted by atomic mass is 19.4. The van der Waals surface area contributed by atoms with Gasteiger partial charge in [-0.3, -0.25) is 4.79 Å². The molecule has 2 rings (SSSR count). The molecule has 1 saturated carbocycles. The van der Waals surface area contributed by atoms with Crippen LogP contribution in [0.4, 0.5) is 13.2 Å². The van der Waals surface area contributed by atoms with Crippen LogP contribution in [0.3, 0.4) is 0 Å². The van der Waals surface area contributed by atoms with Crippen molar-refractivity contribution in [2.75, 3.05) is 0 Å². The predicted molar refractivity (Wildman–Crippen MR) is 93.7 cm³/mol. The molecule has 0 amide bonds. The Labute approximate surface area is 152 Å². The average Bonchev–Trinajstić information content (AvgIpc) is 2.55. The zero-order chi connectivity index (χ0) is 19.2. The Bertz CT molecular complexity index is 599. The summed E-state index contributed by atoms with van der Waals surface area (Å²) in [7, 11) is 0. The molecule has 1 aromatic carbocycles. The Morgan fingerprint density at radius 1 is 0.846 bits per heavy atom. The molecule has 0 unspecified atom stereocenters. The minimum atomic E-state index is -5.06. The highest BCUT2D eigenvalue weighted by molar-refractivity contribution is 6.03. The number of carbonyl (C=O) groups is 1. The fourth-order valence-corrected chi connectivity index (χ4v) is 3.79. The Morgan fingerprint density at radius 3 is 1.77 bits per heavy atom. The van der Waals surface area contributed by atoms with Gasteiger partial charge in [0.15, 0.2) is 0 Å². The molecular formula is C20H27F3O3. The summed E-state index contributed by atoms with van der Waals surface area (Å²) < 4.78 is 38.3. The number of ketones is 1. The standard InChI is InChI=1S/C20H27F3O3/c21-20(22,23)19(26)15-12-13-16(24)17(18(15)25)14-10-8-6-4-2-1-3-5-7-9-11-14/h12-14,24-25H,1-11H2. The topological polar surface area (TPSA) is 57.5 Å². The molecule has 0 saturated heterocycles. The summed E-state index contributed by atoms with van der Waals surface area (Å²) in [6.07, 6.45) is 6.02. The SMILES string of the molecule is O=C(c1ccc(O)c(C2CCCCCCCCCCC2)c1O)C(F)(F)F. The molecule has 0 aromatic heterocycles. The van der Waals surface area contributed by atoms with Crippen molar-refractivity contribution in [2.24, 2.45) is 0 Å². The van der Waals surface area contributed by atoms with Gasteiger partial charge in [-0.1, -0.05) is 57.8 Å². The van der Waals surface area contributed by atoms with E-state index in [4.69, 9.17) is 0 Å². The molecule has 0 atom stereocenters. The van der Waals surface area contributed by atoms with E-state index in [0.717, 1.165) is 50.7 Å². The lowest BCUT2D eigenvalue weighted by atomic mass is 9.85. The molecule has 6 heteroatoms. The van der Waals surface area contributed by atoms with Crippen LogP contribution in [0.2, 0.25) is 0 Å². The quantitative estimate of drug-likeness (QED) is 0.605. The van der Waals surface area contributed by atoms with Crippen molar-refractivity contribution in [2.45, 2.75) is 82.7 Å². The number of halogens is 3. The molecule has 1 aliphatic carbocycles. The fourth-order valence-electron chi connectivity index (χ4n) is 3.79.